The standard InChI is InChI=1S/C24H24N2O/c25-23(27)22-17-10-18-26(22)24(19-11-4-1-5-12-19,20-13-6-2-7-14-20)21-15-8-3-9-16-21/h1-9,11-16,22H,10,17-18H2,(H2,25,27). The van der Waals surface area contributed by atoms with Gasteiger partial charge < -0.3 is 5.73 Å². The van der Waals surface area contributed by atoms with Crippen molar-refractivity contribution in [2.45, 2.75) is 24.4 Å². The molecule has 1 saturated heterocycles. The summed E-state index contributed by atoms with van der Waals surface area (Å²) in [5.41, 5.74) is 8.73. The van der Waals surface area contributed by atoms with E-state index in [2.05, 4.69) is 77.7 Å². The maximum absolute atomic E-state index is 12.3. The Labute approximate surface area is 160 Å². The lowest BCUT2D eigenvalue weighted by Crippen LogP contribution is -2.54. The van der Waals surface area contributed by atoms with Crippen LogP contribution in [0, 0.1) is 0 Å². The molecule has 3 heteroatoms. The van der Waals surface area contributed by atoms with Gasteiger partial charge in [-0.05, 0) is 29.5 Å². The van der Waals surface area contributed by atoms with Gasteiger partial charge in [0.25, 0.3) is 0 Å². The maximum Gasteiger partial charge on any atom is 0.234 e. The Kier molecular flexibility index (Phi) is 4.78. The SMILES string of the molecule is NC(=O)C1CCCN1C(c1ccccc1)(c1ccccc1)c1ccccc1. The van der Waals surface area contributed by atoms with Gasteiger partial charge in [-0.3, -0.25) is 9.69 Å². The van der Waals surface area contributed by atoms with Gasteiger partial charge in [0.15, 0.2) is 0 Å². The molecule has 0 radical (unpaired) electrons. The number of amides is 1. The fraction of sp³-hybridized carbons (Fsp3) is 0.208. The van der Waals surface area contributed by atoms with Crippen LogP contribution in [-0.2, 0) is 10.3 Å². The van der Waals surface area contributed by atoms with Gasteiger partial charge in [0.2, 0.25) is 5.91 Å². The Morgan fingerprint density at radius 1 is 0.778 bits per heavy atom. The largest absolute Gasteiger partial charge is 0.368 e. The number of hydrogen-bond acceptors (Lipinski definition) is 2. The number of primary amides is 1. The van der Waals surface area contributed by atoms with E-state index < -0.39 is 5.54 Å². The molecule has 1 unspecified atom stereocenters. The summed E-state index contributed by atoms with van der Waals surface area (Å²) >= 11 is 0. The Morgan fingerprint density at radius 2 is 1.19 bits per heavy atom. The molecule has 2 N–H and O–H groups in total. The Hall–Kier alpha value is -2.91. The number of nitrogens with zero attached hydrogens (tertiary/aromatic N) is 1. The summed E-state index contributed by atoms with van der Waals surface area (Å²) in [5.74, 6) is -0.250. The van der Waals surface area contributed by atoms with Crippen LogP contribution in [0.25, 0.3) is 0 Å². The molecule has 4 rings (SSSR count). The van der Waals surface area contributed by atoms with Crippen LogP contribution < -0.4 is 5.73 Å². The summed E-state index contributed by atoms with van der Waals surface area (Å²) < 4.78 is 0. The first-order valence-electron chi connectivity index (χ1n) is 9.47. The van der Waals surface area contributed by atoms with Crippen molar-refractivity contribution in [1.29, 1.82) is 0 Å². The molecule has 1 aliphatic heterocycles. The van der Waals surface area contributed by atoms with Crippen molar-refractivity contribution < 1.29 is 4.79 Å². The van der Waals surface area contributed by atoms with Crippen LogP contribution in [-0.4, -0.2) is 23.4 Å². The summed E-state index contributed by atoms with van der Waals surface area (Å²) in [6.45, 7) is 0.826. The van der Waals surface area contributed by atoms with Crippen LogP contribution in [0.4, 0.5) is 0 Å². The van der Waals surface area contributed by atoms with Crippen molar-refractivity contribution in [2.75, 3.05) is 6.54 Å². The molecular formula is C24H24N2O. The van der Waals surface area contributed by atoms with Crippen molar-refractivity contribution in [1.82, 2.24) is 4.90 Å². The first-order valence-corrected chi connectivity index (χ1v) is 9.47. The lowest BCUT2D eigenvalue weighted by atomic mass is 9.75. The highest BCUT2D eigenvalue weighted by molar-refractivity contribution is 5.80. The molecule has 1 aliphatic rings. The van der Waals surface area contributed by atoms with Crippen LogP contribution in [0.5, 0.6) is 0 Å². The summed E-state index contributed by atoms with van der Waals surface area (Å²) in [6, 6.07) is 31.1. The third-order valence-corrected chi connectivity index (χ3v) is 5.59. The van der Waals surface area contributed by atoms with Crippen LogP contribution >= 0.6 is 0 Å². The molecule has 3 nitrogen and oxygen atoms in total. The van der Waals surface area contributed by atoms with Crippen LogP contribution in [0.2, 0.25) is 0 Å². The number of rotatable bonds is 5. The zero-order valence-corrected chi connectivity index (χ0v) is 15.3. The van der Waals surface area contributed by atoms with E-state index in [1.807, 2.05) is 18.2 Å². The van der Waals surface area contributed by atoms with Gasteiger partial charge in [0.05, 0.1) is 11.6 Å². The van der Waals surface area contributed by atoms with Crippen LogP contribution in [0.3, 0.4) is 0 Å². The molecule has 1 fully saturated rings. The highest BCUT2D eigenvalue weighted by Crippen LogP contribution is 2.45. The predicted molar refractivity (Wildman–Crippen MR) is 108 cm³/mol. The second-order valence-corrected chi connectivity index (χ2v) is 7.06. The van der Waals surface area contributed by atoms with E-state index in [1.54, 1.807) is 0 Å². The smallest absolute Gasteiger partial charge is 0.234 e. The second-order valence-electron chi connectivity index (χ2n) is 7.06. The third-order valence-electron chi connectivity index (χ3n) is 5.59. The third kappa shape index (κ3) is 2.94. The first kappa shape index (κ1) is 17.5. The van der Waals surface area contributed by atoms with E-state index in [-0.39, 0.29) is 11.9 Å². The lowest BCUT2D eigenvalue weighted by molar-refractivity contribution is -0.123. The number of benzene rings is 3. The van der Waals surface area contributed by atoms with Gasteiger partial charge in [-0.1, -0.05) is 91.0 Å². The molecule has 1 atom stereocenters. The topological polar surface area (TPSA) is 46.3 Å². The van der Waals surface area contributed by atoms with E-state index in [9.17, 15) is 4.79 Å². The van der Waals surface area contributed by atoms with E-state index in [4.69, 9.17) is 5.73 Å². The van der Waals surface area contributed by atoms with Gasteiger partial charge >= 0.3 is 0 Å². The number of hydrogen-bond donors (Lipinski definition) is 1. The normalized spacial score (nSPS) is 17.7. The minimum absolute atomic E-state index is 0.250. The van der Waals surface area contributed by atoms with Crippen molar-refractivity contribution in [2.24, 2.45) is 5.73 Å². The Balaban J connectivity index is 2.05. The molecule has 0 saturated carbocycles. The van der Waals surface area contributed by atoms with Crippen molar-refractivity contribution in [3.63, 3.8) is 0 Å². The molecule has 0 aliphatic carbocycles. The Bertz CT molecular complexity index is 797. The average molecular weight is 356 g/mol. The fourth-order valence-electron chi connectivity index (χ4n) is 4.50. The summed E-state index contributed by atoms with van der Waals surface area (Å²) in [7, 11) is 0. The Morgan fingerprint density at radius 3 is 1.56 bits per heavy atom. The van der Waals surface area contributed by atoms with Gasteiger partial charge in [-0.15, -0.1) is 0 Å². The highest BCUT2D eigenvalue weighted by atomic mass is 16.1. The second kappa shape index (κ2) is 7.37. The van der Waals surface area contributed by atoms with Gasteiger partial charge in [0.1, 0.15) is 0 Å². The average Bonchev–Trinajstić information content (AvgIpc) is 3.22. The van der Waals surface area contributed by atoms with Crippen molar-refractivity contribution in [3.05, 3.63) is 108 Å². The predicted octanol–water partition coefficient (Wildman–Crippen LogP) is 3.93. The zero-order chi connectivity index (χ0) is 18.7. The van der Waals surface area contributed by atoms with E-state index in [1.165, 1.54) is 0 Å². The summed E-state index contributed by atoms with van der Waals surface area (Å²) in [4.78, 5) is 14.6. The summed E-state index contributed by atoms with van der Waals surface area (Å²) in [6.07, 6.45) is 1.76. The minimum atomic E-state index is -0.556. The molecule has 27 heavy (non-hydrogen) atoms. The van der Waals surface area contributed by atoms with Gasteiger partial charge in [-0.2, -0.15) is 0 Å². The monoisotopic (exact) mass is 356 g/mol. The molecule has 0 spiro atoms. The zero-order valence-electron chi connectivity index (χ0n) is 15.3. The lowest BCUT2D eigenvalue weighted by Gasteiger charge is -2.46. The molecule has 0 aromatic heterocycles. The number of likely N-dealkylation sites (tertiary alicyclic amines) is 1. The van der Waals surface area contributed by atoms with Gasteiger partial charge in [0, 0.05) is 6.54 Å². The van der Waals surface area contributed by atoms with E-state index in [0.29, 0.717) is 0 Å². The number of carbonyl (C=O) groups excluding carboxylic acids is 1. The number of carbonyl (C=O) groups is 1. The summed E-state index contributed by atoms with van der Waals surface area (Å²) in [5, 5.41) is 0. The molecule has 3 aromatic rings. The van der Waals surface area contributed by atoms with Crippen molar-refractivity contribution >= 4 is 5.91 Å². The molecule has 1 amide bonds. The van der Waals surface area contributed by atoms with E-state index >= 15 is 0 Å². The molecular weight excluding hydrogens is 332 g/mol. The van der Waals surface area contributed by atoms with Crippen molar-refractivity contribution in [3.8, 4) is 0 Å². The molecule has 136 valence electrons. The maximum atomic E-state index is 12.3. The van der Waals surface area contributed by atoms with Gasteiger partial charge in [-0.25, -0.2) is 0 Å². The first-order chi connectivity index (χ1) is 13.2. The fourth-order valence-corrected chi connectivity index (χ4v) is 4.50. The minimum Gasteiger partial charge on any atom is -0.368 e. The quantitative estimate of drug-likeness (QED) is 0.704. The molecule has 3 aromatic carbocycles. The molecule has 0 bridgehead atoms. The molecule has 1 heterocycles. The highest BCUT2D eigenvalue weighted by Gasteiger charge is 2.48. The van der Waals surface area contributed by atoms with Crippen LogP contribution in [0.15, 0.2) is 91.0 Å². The van der Waals surface area contributed by atoms with Crippen LogP contribution in [0.1, 0.15) is 29.5 Å². The van der Waals surface area contributed by atoms with E-state index in [0.717, 1.165) is 36.1 Å². The number of nitrogens with two attached hydrogens (primary N) is 1.